The summed E-state index contributed by atoms with van der Waals surface area (Å²) in [4.78, 5) is 21.5. The van der Waals surface area contributed by atoms with Crippen molar-refractivity contribution in [3.63, 3.8) is 0 Å². The number of carbonyl (C=O) groups excluding carboxylic acids is 1. The van der Waals surface area contributed by atoms with E-state index < -0.39 is 27.7 Å². The lowest BCUT2D eigenvalue weighted by atomic mass is 10.0. The number of nitrogens with zero attached hydrogens (tertiary/aromatic N) is 1. The number of rotatable bonds is 9. The van der Waals surface area contributed by atoms with Gasteiger partial charge in [0, 0.05) is 25.6 Å². The molecule has 0 fully saturated rings. The summed E-state index contributed by atoms with van der Waals surface area (Å²) in [6.45, 7) is 3.18. The molecular weight excluding hydrogens is 288 g/mol. The molecule has 0 rings (SSSR count). The largest absolute Gasteiger partial charge is 0.481 e. The van der Waals surface area contributed by atoms with E-state index in [-0.39, 0.29) is 25.8 Å². The summed E-state index contributed by atoms with van der Waals surface area (Å²) in [7, 11) is -1.23. The van der Waals surface area contributed by atoms with Crippen molar-refractivity contribution >= 4 is 22.1 Å². The SMILES string of the molecule is COC(=O)CCN(C)S(=O)(=O)NC(C)(C)CCC(=O)O. The highest BCUT2D eigenvalue weighted by Gasteiger charge is 2.28. The van der Waals surface area contributed by atoms with Crippen molar-refractivity contribution in [3.8, 4) is 0 Å². The van der Waals surface area contributed by atoms with Crippen LogP contribution >= 0.6 is 0 Å². The third-order valence-electron chi connectivity index (χ3n) is 2.64. The number of carboxylic acid groups (broad SMARTS) is 1. The molecule has 0 aromatic rings. The molecule has 0 atom stereocenters. The van der Waals surface area contributed by atoms with E-state index in [0.717, 1.165) is 4.31 Å². The fraction of sp³-hybridized carbons (Fsp3) is 0.818. The molecule has 0 aromatic heterocycles. The number of esters is 1. The zero-order valence-electron chi connectivity index (χ0n) is 12.2. The molecular formula is C11H22N2O6S. The highest BCUT2D eigenvalue weighted by molar-refractivity contribution is 7.87. The molecule has 0 spiro atoms. The number of methoxy groups -OCH3 is 1. The summed E-state index contributed by atoms with van der Waals surface area (Å²) >= 11 is 0. The normalized spacial score (nSPS) is 12.4. The van der Waals surface area contributed by atoms with Crippen LogP contribution < -0.4 is 4.72 Å². The van der Waals surface area contributed by atoms with Gasteiger partial charge in [0.2, 0.25) is 0 Å². The van der Waals surface area contributed by atoms with Crippen LogP contribution in [-0.4, -0.2) is 56.0 Å². The van der Waals surface area contributed by atoms with E-state index in [1.807, 2.05) is 0 Å². The highest BCUT2D eigenvalue weighted by Crippen LogP contribution is 2.14. The summed E-state index contributed by atoms with van der Waals surface area (Å²) in [6.07, 6.45) is -0.0305. The number of hydrogen-bond donors (Lipinski definition) is 2. The van der Waals surface area contributed by atoms with Gasteiger partial charge < -0.3 is 9.84 Å². The summed E-state index contributed by atoms with van der Waals surface area (Å²) in [6, 6.07) is 0. The smallest absolute Gasteiger partial charge is 0.306 e. The molecule has 0 aliphatic carbocycles. The Labute approximate surface area is 119 Å². The molecule has 0 heterocycles. The van der Waals surface area contributed by atoms with Gasteiger partial charge in [-0.05, 0) is 20.3 Å². The minimum Gasteiger partial charge on any atom is -0.481 e. The maximum Gasteiger partial charge on any atom is 0.306 e. The molecule has 0 unspecified atom stereocenters. The first-order chi connectivity index (χ1) is 9.00. The highest BCUT2D eigenvalue weighted by atomic mass is 32.2. The van der Waals surface area contributed by atoms with Gasteiger partial charge in [-0.25, -0.2) is 0 Å². The average Bonchev–Trinajstić information content (AvgIpc) is 2.31. The Morgan fingerprint density at radius 1 is 1.30 bits per heavy atom. The first-order valence-electron chi connectivity index (χ1n) is 6.04. The number of ether oxygens (including phenoxy) is 1. The molecule has 9 heteroatoms. The Bertz CT molecular complexity index is 446. The van der Waals surface area contributed by atoms with Crippen LogP contribution in [0.5, 0.6) is 0 Å². The summed E-state index contributed by atoms with van der Waals surface area (Å²) in [5.41, 5.74) is -0.892. The zero-order valence-corrected chi connectivity index (χ0v) is 13.0. The van der Waals surface area contributed by atoms with Crippen LogP contribution in [0, 0.1) is 0 Å². The maximum atomic E-state index is 12.0. The number of aliphatic carboxylic acids is 1. The molecule has 2 N–H and O–H groups in total. The monoisotopic (exact) mass is 310 g/mol. The molecule has 0 amide bonds. The second-order valence-electron chi connectivity index (χ2n) is 5.03. The lowest BCUT2D eigenvalue weighted by Crippen LogP contribution is -2.49. The first-order valence-corrected chi connectivity index (χ1v) is 7.48. The number of carboxylic acids is 1. The Morgan fingerprint density at radius 3 is 2.30 bits per heavy atom. The van der Waals surface area contributed by atoms with Gasteiger partial charge in [-0.3, -0.25) is 9.59 Å². The minimum atomic E-state index is -3.79. The quantitative estimate of drug-likeness (QED) is 0.578. The molecule has 0 saturated heterocycles. The Morgan fingerprint density at radius 2 is 1.85 bits per heavy atom. The molecule has 118 valence electrons. The van der Waals surface area contributed by atoms with E-state index in [0.29, 0.717) is 0 Å². The van der Waals surface area contributed by atoms with Gasteiger partial charge in [0.05, 0.1) is 13.5 Å². The predicted octanol–water partition coefficient (Wildman–Crippen LogP) is -0.0409. The van der Waals surface area contributed by atoms with Crippen LogP contribution in [-0.2, 0) is 24.5 Å². The standard InChI is InChI=1S/C11H22N2O6S/c1-11(2,7-5-9(14)15)12-20(17,18)13(3)8-6-10(16)19-4/h12H,5-8H2,1-4H3,(H,14,15). The second kappa shape index (κ2) is 7.55. The molecule has 20 heavy (non-hydrogen) atoms. The van der Waals surface area contributed by atoms with Crippen LogP contribution in [0.2, 0.25) is 0 Å². The van der Waals surface area contributed by atoms with E-state index >= 15 is 0 Å². The van der Waals surface area contributed by atoms with Gasteiger partial charge in [0.15, 0.2) is 0 Å². The van der Waals surface area contributed by atoms with E-state index in [2.05, 4.69) is 9.46 Å². The summed E-state index contributed by atoms with van der Waals surface area (Å²) < 4.78 is 31.9. The third-order valence-corrected chi connectivity index (χ3v) is 4.45. The van der Waals surface area contributed by atoms with Gasteiger partial charge in [0.1, 0.15) is 0 Å². The van der Waals surface area contributed by atoms with Crippen LogP contribution in [0.4, 0.5) is 0 Å². The molecule has 0 radical (unpaired) electrons. The zero-order chi connectivity index (χ0) is 16.0. The van der Waals surface area contributed by atoms with Crippen LogP contribution in [0.15, 0.2) is 0 Å². The van der Waals surface area contributed by atoms with Crippen molar-refractivity contribution in [2.75, 3.05) is 20.7 Å². The molecule has 0 saturated carbocycles. The Kier molecular flexibility index (Phi) is 7.11. The fourth-order valence-electron chi connectivity index (χ4n) is 1.37. The Balaban J connectivity index is 4.55. The van der Waals surface area contributed by atoms with Gasteiger partial charge >= 0.3 is 11.9 Å². The maximum absolute atomic E-state index is 12.0. The van der Waals surface area contributed by atoms with Crippen molar-refractivity contribution in [1.29, 1.82) is 0 Å². The van der Waals surface area contributed by atoms with Crippen molar-refractivity contribution in [3.05, 3.63) is 0 Å². The van der Waals surface area contributed by atoms with E-state index in [1.54, 1.807) is 13.8 Å². The molecule has 8 nitrogen and oxygen atoms in total. The molecule has 0 bridgehead atoms. The van der Waals surface area contributed by atoms with Gasteiger partial charge in [-0.1, -0.05) is 0 Å². The van der Waals surface area contributed by atoms with Crippen molar-refractivity contribution in [1.82, 2.24) is 9.03 Å². The number of carbonyl (C=O) groups is 2. The number of hydrogen-bond acceptors (Lipinski definition) is 5. The first kappa shape index (κ1) is 18.8. The lowest BCUT2D eigenvalue weighted by Gasteiger charge is -2.28. The van der Waals surface area contributed by atoms with E-state index in [1.165, 1.54) is 14.2 Å². The third kappa shape index (κ3) is 7.41. The summed E-state index contributed by atoms with van der Waals surface area (Å²) in [5.74, 6) is -1.49. The molecule has 0 aromatic carbocycles. The van der Waals surface area contributed by atoms with Crippen LogP contribution in [0.1, 0.15) is 33.1 Å². The minimum absolute atomic E-state index is 0.0168. The lowest BCUT2D eigenvalue weighted by molar-refractivity contribution is -0.140. The second-order valence-corrected chi connectivity index (χ2v) is 6.81. The molecule has 0 aliphatic heterocycles. The molecule has 0 aliphatic rings. The van der Waals surface area contributed by atoms with E-state index in [9.17, 15) is 18.0 Å². The van der Waals surface area contributed by atoms with E-state index in [4.69, 9.17) is 5.11 Å². The van der Waals surface area contributed by atoms with Crippen LogP contribution in [0.3, 0.4) is 0 Å². The van der Waals surface area contributed by atoms with Gasteiger partial charge in [-0.2, -0.15) is 17.4 Å². The van der Waals surface area contributed by atoms with Gasteiger partial charge in [0.25, 0.3) is 10.2 Å². The number of nitrogens with one attached hydrogen (secondary N) is 1. The van der Waals surface area contributed by atoms with Gasteiger partial charge in [-0.15, -0.1) is 0 Å². The Hall–Kier alpha value is -1.19. The van der Waals surface area contributed by atoms with Crippen LogP contribution in [0.25, 0.3) is 0 Å². The van der Waals surface area contributed by atoms with Crippen molar-refractivity contribution < 1.29 is 27.9 Å². The fourth-order valence-corrected chi connectivity index (χ4v) is 2.66. The van der Waals surface area contributed by atoms with Crippen molar-refractivity contribution in [2.45, 2.75) is 38.6 Å². The predicted molar refractivity (Wildman–Crippen MR) is 72.3 cm³/mol. The van der Waals surface area contributed by atoms with Crippen molar-refractivity contribution in [2.24, 2.45) is 0 Å². The topological polar surface area (TPSA) is 113 Å². The summed E-state index contributed by atoms with van der Waals surface area (Å²) in [5, 5.41) is 8.62. The average molecular weight is 310 g/mol.